The smallest absolute Gasteiger partial charge is 0.259 e. The summed E-state index contributed by atoms with van der Waals surface area (Å²) in [5.41, 5.74) is 2.26. The SMILES string of the molecule is COc1cc(-c2nc3sc(-c4ccccc4)cc3c(=O)[nH]2)ccc1OCc1c(Cl)cccc1Cl. The zero-order chi connectivity index (χ0) is 23.7. The van der Waals surface area contributed by atoms with Gasteiger partial charge in [-0.05, 0) is 42.0 Å². The van der Waals surface area contributed by atoms with E-state index in [1.165, 1.54) is 11.3 Å². The van der Waals surface area contributed by atoms with Crippen LogP contribution in [0.4, 0.5) is 0 Å². The van der Waals surface area contributed by atoms with Crippen molar-refractivity contribution in [2.75, 3.05) is 7.11 Å². The maximum atomic E-state index is 12.8. The highest BCUT2D eigenvalue weighted by Crippen LogP contribution is 2.35. The molecule has 1 N–H and O–H groups in total. The van der Waals surface area contributed by atoms with Gasteiger partial charge in [0.2, 0.25) is 0 Å². The van der Waals surface area contributed by atoms with Crippen LogP contribution >= 0.6 is 34.5 Å². The molecule has 2 heterocycles. The molecule has 0 amide bonds. The Morgan fingerprint density at radius 2 is 1.68 bits per heavy atom. The Balaban J connectivity index is 1.46. The van der Waals surface area contributed by atoms with E-state index in [0.29, 0.717) is 48.7 Å². The molecule has 0 radical (unpaired) electrons. The predicted octanol–water partition coefficient (Wildman–Crippen LogP) is 7.21. The Morgan fingerprint density at radius 3 is 2.41 bits per heavy atom. The normalized spacial score (nSPS) is 11.0. The number of nitrogens with one attached hydrogen (secondary N) is 1. The van der Waals surface area contributed by atoms with E-state index in [0.717, 1.165) is 10.4 Å². The summed E-state index contributed by atoms with van der Waals surface area (Å²) in [6.45, 7) is 0.187. The summed E-state index contributed by atoms with van der Waals surface area (Å²) in [7, 11) is 1.55. The van der Waals surface area contributed by atoms with Gasteiger partial charge in [0.05, 0.1) is 12.5 Å². The molecule has 5 rings (SSSR count). The highest BCUT2D eigenvalue weighted by atomic mass is 35.5. The molecule has 0 aliphatic carbocycles. The van der Waals surface area contributed by atoms with Gasteiger partial charge in [-0.25, -0.2) is 4.98 Å². The van der Waals surface area contributed by atoms with Gasteiger partial charge in [-0.3, -0.25) is 4.79 Å². The third kappa shape index (κ3) is 4.40. The van der Waals surface area contributed by atoms with Crippen molar-refractivity contribution < 1.29 is 9.47 Å². The molecule has 34 heavy (non-hydrogen) atoms. The number of H-pyrrole nitrogens is 1. The van der Waals surface area contributed by atoms with Crippen LogP contribution in [-0.2, 0) is 6.61 Å². The largest absolute Gasteiger partial charge is 0.493 e. The molecule has 0 atom stereocenters. The molecule has 0 saturated heterocycles. The van der Waals surface area contributed by atoms with Gasteiger partial charge in [-0.15, -0.1) is 11.3 Å². The number of fused-ring (bicyclic) bond motifs is 1. The molecule has 5 nitrogen and oxygen atoms in total. The maximum Gasteiger partial charge on any atom is 0.259 e. The van der Waals surface area contributed by atoms with Crippen molar-refractivity contribution in [2.24, 2.45) is 0 Å². The quantitative estimate of drug-likeness (QED) is 0.263. The van der Waals surface area contributed by atoms with Crippen molar-refractivity contribution in [1.29, 1.82) is 0 Å². The fourth-order valence-corrected chi connectivity index (χ4v) is 5.11. The van der Waals surface area contributed by atoms with Gasteiger partial charge in [-0.2, -0.15) is 0 Å². The second kappa shape index (κ2) is 9.50. The lowest BCUT2D eigenvalue weighted by atomic mass is 10.1. The first kappa shape index (κ1) is 22.5. The standard InChI is InChI=1S/C26H18Cl2N2O3S/c1-32-22-12-16(10-11-21(22)33-14-18-19(27)8-5-9-20(18)28)24-29-25(31)17-13-23(34-26(17)30-24)15-6-3-2-4-7-15/h2-13H,14H2,1H3,(H,29,30,31). The van der Waals surface area contributed by atoms with Gasteiger partial charge >= 0.3 is 0 Å². The molecule has 5 aromatic rings. The molecule has 0 fully saturated rings. The number of benzene rings is 3. The second-order valence-corrected chi connectivity index (χ2v) is 9.31. The Kier molecular flexibility index (Phi) is 6.28. The van der Waals surface area contributed by atoms with E-state index in [1.54, 1.807) is 37.4 Å². The monoisotopic (exact) mass is 508 g/mol. The first-order chi connectivity index (χ1) is 16.5. The first-order valence-corrected chi connectivity index (χ1v) is 11.9. The number of hydrogen-bond acceptors (Lipinski definition) is 5. The van der Waals surface area contributed by atoms with Gasteiger partial charge in [-0.1, -0.05) is 59.6 Å². The van der Waals surface area contributed by atoms with Gasteiger partial charge in [0.1, 0.15) is 17.3 Å². The van der Waals surface area contributed by atoms with Crippen LogP contribution in [-0.4, -0.2) is 17.1 Å². The molecule has 0 aliphatic rings. The van der Waals surface area contributed by atoms with Crippen LogP contribution in [0, 0.1) is 0 Å². The summed E-state index contributed by atoms with van der Waals surface area (Å²) in [5.74, 6) is 1.48. The minimum atomic E-state index is -0.189. The molecule has 0 aliphatic heterocycles. The summed E-state index contributed by atoms with van der Waals surface area (Å²) < 4.78 is 11.5. The molecule has 0 saturated carbocycles. The van der Waals surface area contributed by atoms with Crippen LogP contribution in [0.15, 0.2) is 77.6 Å². The molecule has 8 heteroatoms. The van der Waals surface area contributed by atoms with E-state index in [9.17, 15) is 4.79 Å². The molecule has 0 spiro atoms. The number of nitrogens with zero attached hydrogens (tertiary/aromatic N) is 1. The summed E-state index contributed by atoms with van der Waals surface area (Å²) in [4.78, 5) is 22.0. The minimum absolute atomic E-state index is 0.187. The number of aromatic amines is 1. The van der Waals surface area contributed by atoms with Crippen LogP contribution < -0.4 is 15.0 Å². The lowest BCUT2D eigenvalue weighted by Crippen LogP contribution is -2.08. The lowest BCUT2D eigenvalue weighted by molar-refractivity contribution is 0.285. The van der Waals surface area contributed by atoms with E-state index in [1.807, 2.05) is 42.5 Å². The Bertz CT molecular complexity index is 1530. The van der Waals surface area contributed by atoms with Gasteiger partial charge < -0.3 is 14.5 Å². The maximum absolute atomic E-state index is 12.8. The lowest BCUT2D eigenvalue weighted by Gasteiger charge is -2.13. The number of halogens is 2. The molecule has 0 unspecified atom stereocenters. The number of thiophene rings is 1. The Morgan fingerprint density at radius 1 is 0.912 bits per heavy atom. The van der Waals surface area contributed by atoms with Crippen molar-refractivity contribution in [3.05, 3.63) is 98.8 Å². The first-order valence-electron chi connectivity index (χ1n) is 10.4. The Labute approximate surface area is 209 Å². The van der Waals surface area contributed by atoms with E-state index in [2.05, 4.69) is 4.98 Å². The zero-order valence-electron chi connectivity index (χ0n) is 18.0. The Hall–Kier alpha value is -3.32. The summed E-state index contributed by atoms with van der Waals surface area (Å²) in [6.07, 6.45) is 0. The number of ether oxygens (including phenoxy) is 2. The number of methoxy groups -OCH3 is 1. The third-order valence-corrected chi connectivity index (χ3v) is 7.12. The van der Waals surface area contributed by atoms with Crippen molar-refractivity contribution in [3.63, 3.8) is 0 Å². The number of aromatic nitrogens is 2. The molecule has 2 aromatic heterocycles. The summed E-state index contributed by atoms with van der Waals surface area (Å²) >= 11 is 14.0. The summed E-state index contributed by atoms with van der Waals surface area (Å²) in [6, 6.07) is 22.5. The molecular weight excluding hydrogens is 491 g/mol. The van der Waals surface area contributed by atoms with Crippen LogP contribution in [0.1, 0.15) is 5.56 Å². The van der Waals surface area contributed by atoms with E-state index in [4.69, 9.17) is 37.7 Å². The highest BCUT2D eigenvalue weighted by Gasteiger charge is 2.14. The second-order valence-electron chi connectivity index (χ2n) is 7.46. The number of hydrogen-bond donors (Lipinski definition) is 1. The van der Waals surface area contributed by atoms with Gasteiger partial charge in [0, 0.05) is 26.0 Å². The van der Waals surface area contributed by atoms with Crippen molar-refractivity contribution in [2.45, 2.75) is 6.61 Å². The summed E-state index contributed by atoms with van der Waals surface area (Å²) in [5, 5.41) is 1.63. The van der Waals surface area contributed by atoms with Gasteiger partial charge in [0.25, 0.3) is 5.56 Å². The van der Waals surface area contributed by atoms with Crippen LogP contribution in [0.3, 0.4) is 0 Å². The zero-order valence-corrected chi connectivity index (χ0v) is 20.3. The highest BCUT2D eigenvalue weighted by molar-refractivity contribution is 7.21. The predicted molar refractivity (Wildman–Crippen MR) is 138 cm³/mol. The minimum Gasteiger partial charge on any atom is -0.493 e. The van der Waals surface area contributed by atoms with Crippen molar-refractivity contribution in [3.8, 4) is 33.3 Å². The molecule has 0 bridgehead atoms. The average Bonchev–Trinajstić information content (AvgIpc) is 3.29. The number of rotatable bonds is 6. The topological polar surface area (TPSA) is 64.2 Å². The van der Waals surface area contributed by atoms with Crippen molar-refractivity contribution in [1.82, 2.24) is 9.97 Å². The fraction of sp³-hybridized carbons (Fsp3) is 0.0769. The van der Waals surface area contributed by atoms with Crippen LogP contribution in [0.25, 0.3) is 32.0 Å². The van der Waals surface area contributed by atoms with Gasteiger partial charge in [0.15, 0.2) is 11.5 Å². The molecule has 3 aromatic carbocycles. The van der Waals surface area contributed by atoms with E-state index >= 15 is 0 Å². The van der Waals surface area contributed by atoms with Crippen LogP contribution in [0.2, 0.25) is 10.0 Å². The fourth-order valence-electron chi connectivity index (χ4n) is 3.57. The van der Waals surface area contributed by atoms with E-state index in [-0.39, 0.29) is 12.2 Å². The van der Waals surface area contributed by atoms with Crippen LogP contribution in [0.5, 0.6) is 11.5 Å². The molecular formula is C26H18Cl2N2O3S. The third-order valence-electron chi connectivity index (χ3n) is 5.33. The van der Waals surface area contributed by atoms with Crippen molar-refractivity contribution >= 4 is 44.8 Å². The molecule has 170 valence electrons. The van der Waals surface area contributed by atoms with E-state index < -0.39 is 0 Å². The average molecular weight is 509 g/mol.